The average Bonchev–Trinajstić information content (AvgIpc) is 3.31. The SMILES string of the molecule is CC(C)(C)C1N(C(=O)c2ccccc2)N1C(=O)c1ccccc1. The number of amides is 2. The van der Waals surface area contributed by atoms with E-state index < -0.39 is 0 Å². The number of rotatable bonds is 2. The summed E-state index contributed by atoms with van der Waals surface area (Å²) >= 11 is 0. The molecule has 3 rings (SSSR count). The second kappa shape index (κ2) is 5.54. The number of carbonyl (C=O) groups is 2. The molecule has 0 N–H and O–H groups in total. The molecule has 1 saturated heterocycles. The Morgan fingerprint density at radius 2 is 1.09 bits per heavy atom. The van der Waals surface area contributed by atoms with Gasteiger partial charge in [-0.15, -0.1) is 0 Å². The minimum atomic E-state index is -0.233. The van der Waals surface area contributed by atoms with E-state index in [-0.39, 0.29) is 23.4 Å². The molecule has 0 saturated carbocycles. The number of nitrogens with zero attached hydrogens (tertiary/aromatic N) is 2. The fourth-order valence-corrected chi connectivity index (χ4v) is 2.75. The van der Waals surface area contributed by atoms with Crippen molar-refractivity contribution in [3.8, 4) is 0 Å². The number of carbonyl (C=O) groups excluding carboxylic acids is 2. The predicted molar refractivity (Wildman–Crippen MR) is 88.5 cm³/mol. The van der Waals surface area contributed by atoms with Gasteiger partial charge in [0.05, 0.1) is 0 Å². The van der Waals surface area contributed by atoms with Gasteiger partial charge in [0.15, 0.2) is 6.17 Å². The molecule has 0 aromatic heterocycles. The van der Waals surface area contributed by atoms with Crippen molar-refractivity contribution in [2.24, 2.45) is 5.41 Å². The molecule has 118 valence electrons. The van der Waals surface area contributed by atoms with Crippen LogP contribution >= 0.6 is 0 Å². The van der Waals surface area contributed by atoms with Crippen molar-refractivity contribution in [2.75, 3.05) is 0 Å². The zero-order chi connectivity index (χ0) is 16.6. The largest absolute Gasteiger partial charge is 0.274 e. The van der Waals surface area contributed by atoms with Gasteiger partial charge in [0.25, 0.3) is 11.8 Å². The zero-order valence-corrected chi connectivity index (χ0v) is 13.6. The van der Waals surface area contributed by atoms with Crippen LogP contribution in [0.5, 0.6) is 0 Å². The van der Waals surface area contributed by atoms with Gasteiger partial charge in [-0.3, -0.25) is 9.59 Å². The normalized spacial score (nSPS) is 14.7. The molecule has 2 aromatic rings. The van der Waals surface area contributed by atoms with Gasteiger partial charge < -0.3 is 0 Å². The first-order valence-corrected chi connectivity index (χ1v) is 7.68. The van der Waals surface area contributed by atoms with Crippen molar-refractivity contribution < 1.29 is 9.59 Å². The summed E-state index contributed by atoms with van der Waals surface area (Å²) in [4.78, 5) is 25.5. The minimum Gasteiger partial charge on any atom is -0.267 e. The monoisotopic (exact) mass is 308 g/mol. The molecular formula is C19H20N2O2. The second-order valence-corrected chi connectivity index (χ2v) is 6.77. The van der Waals surface area contributed by atoms with Crippen LogP contribution in [-0.4, -0.2) is 28.0 Å². The summed E-state index contributed by atoms with van der Waals surface area (Å²) in [6.07, 6.45) is -0.233. The van der Waals surface area contributed by atoms with Crippen LogP contribution in [0.3, 0.4) is 0 Å². The molecule has 2 amide bonds. The van der Waals surface area contributed by atoms with E-state index in [4.69, 9.17) is 0 Å². The molecule has 23 heavy (non-hydrogen) atoms. The van der Waals surface area contributed by atoms with Gasteiger partial charge in [0.2, 0.25) is 0 Å². The molecule has 0 unspecified atom stereocenters. The lowest BCUT2D eigenvalue weighted by atomic mass is 9.94. The van der Waals surface area contributed by atoms with Gasteiger partial charge >= 0.3 is 0 Å². The van der Waals surface area contributed by atoms with Crippen molar-refractivity contribution in [3.05, 3.63) is 71.8 Å². The Bertz CT molecular complexity index is 663. The van der Waals surface area contributed by atoms with Gasteiger partial charge in [-0.1, -0.05) is 57.2 Å². The van der Waals surface area contributed by atoms with Crippen LogP contribution in [0.1, 0.15) is 41.5 Å². The van der Waals surface area contributed by atoms with E-state index >= 15 is 0 Å². The number of hydrazine groups is 1. The minimum absolute atomic E-state index is 0.144. The Morgan fingerprint density at radius 3 is 1.39 bits per heavy atom. The van der Waals surface area contributed by atoms with Gasteiger partial charge in [-0.2, -0.15) is 0 Å². The highest BCUT2D eigenvalue weighted by Crippen LogP contribution is 2.42. The van der Waals surface area contributed by atoms with E-state index in [1.54, 1.807) is 34.3 Å². The molecular weight excluding hydrogens is 288 g/mol. The average molecular weight is 308 g/mol. The standard InChI is InChI=1S/C19H20N2O2/c1-19(2,3)18-20(16(22)14-10-6-4-7-11-14)21(18)17(23)15-12-8-5-9-13-15/h4-13,18H,1-3H3. The van der Waals surface area contributed by atoms with Crippen molar-refractivity contribution in [1.29, 1.82) is 0 Å². The molecule has 1 aliphatic heterocycles. The molecule has 0 bridgehead atoms. The summed E-state index contributed by atoms with van der Waals surface area (Å²) in [6, 6.07) is 18.1. The van der Waals surface area contributed by atoms with Crippen LogP contribution in [0.2, 0.25) is 0 Å². The first kappa shape index (κ1) is 15.3. The van der Waals surface area contributed by atoms with Crippen molar-refractivity contribution in [2.45, 2.75) is 26.9 Å². The molecule has 0 aliphatic carbocycles. The summed E-state index contributed by atoms with van der Waals surface area (Å²) in [5.74, 6) is -0.287. The molecule has 0 atom stereocenters. The van der Waals surface area contributed by atoms with Crippen LogP contribution in [0.25, 0.3) is 0 Å². The fourth-order valence-electron chi connectivity index (χ4n) is 2.75. The van der Waals surface area contributed by atoms with Crippen molar-refractivity contribution >= 4 is 11.8 Å². The van der Waals surface area contributed by atoms with E-state index in [0.717, 1.165) is 0 Å². The van der Waals surface area contributed by atoms with Crippen molar-refractivity contribution in [3.63, 3.8) is 0 Å². The number of benzene rings is 2. The highest BCUT2D eigenvalue weighted by atomic mass is 16.2. The van der Waals surface area contributed by atoms with E-state index in [1.807, 2.05) is 57.2 Å². The molecule has 0 radical (unpaired) electrons. The van der Waals surface area contributed by atoms with Gasteiger partial charge in [-0.05, 0) is 24.3 Å². The maximum atomic E-state index is 12.7. The zero-order valence-electron chi connectivity index (χ0n) is 13.6. The molecule has 4 heteroatoms. The third-order valence-corrected chi connectivity index (χ3v) is 3.87. The fraction of sp³-hybridized carbons (Fsp3) is 0.263. The second-order valence-electron chi connectivity index (χ2n) is 6.77. The van der Waals surface area contributed by atoms with Crippen LogP contribution in [0.4, 0.5) is 0 Å². The lowest BCUT2D eigenvalue weighted by molar-refractivity contribution is 0.0697. The summed E-state index contributed by atoms with van der Waals surface area (Å²) in [6.45, 7) is 6.09. The maximum absolute atomic E-state index is 12.7. The molecule has 1 heterocycles. The Morgan fingerprint density at radius 1 is 0.739 bits per heavy atom. The van der Waals surface area contributed by atoms with Crippen molar-refractivity contribution in [1.82, 2.24) is 10.0 Å². The van der Waals surface area contributed by atoms with Gasteiger partial charge in [0.1, 0.15) is 0 Å². The summed E-state index contributed by atoms with van der Waals surface area (Å²) in [5, 5.41) is 3.12. The van der Waals surface area contributed by atoms with E-state index in [0.29, 0.717) is 11.1 Å². The smallest absolute Gasteiger partial charge is 0.267 e. The Labute approximate surface area is 136 Å². The first-order chi connectivity index (χ1) is 10.9. The van der Waals surface area contributed by atoms with Crippen LogP contribution < -0.4 is 0 Å². The predicted octanol–water partition coefficient (Wildman–Crippen LogP) is 3.57. The Kier molecular flexibility index (Phi) is 3.68. The summed E-state index contributed by atoms with van der Waals surface area (Å²) in [7, 11) is 0. The third-order valence-electron chi connectivity index (χ3n) is 3.87. The summed E-state index contributed by atoms with van der Waals surface area (Å²) in [5.41, 5.74) is 0.963. The lowest BCUT2D eigenvalue weighted by Gasteiger charge is -2.14. The van der Waals surface area contributed by atoms with Gasteiger partial charge in [0, 0.05) is 16.5 Å². The quantitative estimate of drug-likeness (QED) is 0.796. The maximum Gasteiger partial charge on any atom is 0.274 e. The van der Waals surface area contributed by atoms with Gasteiger partial charge in [-0.25, -0.2) is 10.0 Å². The van der Waals surface area contributed by atoms with Crippen LogP contribution in [0.15, 0.2) is 60.7 Å². The van der Waals surface area contributed by atoms with E-state index in [9.17, 15) is 9.59 Å². The number of hydrogen-bond acceptors (Lipinski definition) is 2. The molecule has 4 nitrogen and oxygen atoms in total. The third kappa shape index (κ3) is 2.84. The number of hydrogen-bond donors (Lipinski definition) is 0. The van der Waals surface area contributed by atoms with E-state index in [1.165, 1.54) is 0 Å². The first-order valence-electron chi connectivity index (χ1n) is 7.68. The molecule has 2 aromatic carbocycles. The molecule has 0 spiro atoms. The highest BCUT2D eigenvalue weighted by Gasteiger charge is 2.58. The topological polar surface area (TPSA) is 40.2 Å². The van der Waals surface area contributed by atoms with E-state index in [2.05, 4.69) is 0 Å². The molecule has 1 fully saturated rings. The summed E-state index contributed by atoms with van der Waals surface area (Å²) < 4.78 is 0. The van der Waals surface area contributed by atoms with Crippen LogP contribution in [0, 0.1) is 5.41 Å². The molecule has 1 aliphatic rings. The Balaban J connectivity index is 1.90. The Hall–Kier alpha value is -2.62. The van der Waals surface area contributed by atoms with Crippen LogP contribution in [-0.2, 0) is 0 Å². The lowest BCUT2D eigenvalue weighted by Crippen LogP contribution is -2.23. The highest BCUT2D eigenvalue weighted by molar-refractivity contribution is 6.02.